The van der Waals surface area contributed by atoms with Gasteiger partial charge in [0.2, 0.25) is 5.91 Å². The van der Waals surface area contributed by atoms with Gasteiger partial charge in [-0.3, -0.25) is 9.59 Å². The van der Waals surface area contributed by atoms with Crippen LogP contribution < -0.4 is 5.32 Å². The molecule has 2 heterocycles. The van der Waals surface area contributed by atoms with E-state index in [1.807, 2.05) is 36.4 Å². The molecule has 8 nitrogen and oxygen atoms in total. The van der Waals surface area contributed by atoms with Crippen LogP contribution in [0.4, 0.5) is 0 Å². The first-order valence-corrected chi connectivity index (χ1v) is 15.9. The Bertz CT molecular complexity index is 1350. The molecule has 3 atom stereocenters. The molecule has 3 unspecified atom stereocenters. The molecule has 2 aliphatic heterocycles. The number of likely N-dealkylation sites (tertiary alicyclic amines) is 1. The fourth-order valence-electron chi connectivity index (χ4n) is 6.02. The lowest BCUT2D eigenvalue weighted by atomic mass is 9.98. The van der Waals surface area contributed by atoms with E-state index in [9.17, 15) is 14.7 Å². The van der Waals surface area contributed by atoms with Crippen molar-refractivity contribution in [3.05, 3.63) is 95.1 Å². The van der Waals surface area contributed by atoms with Gasteiger partial charge in [-0.1, -0.05) is 86.0 Å². The molecular weight excluding hydrogens is 556 g/mol. The van der Waals surface area contributed by atoms with Gasteiger partial charge in [-0.15, -0.1) is 0 Å². The number of carbonyl (C=O) groups is 2. The lowest BCUT2D eigenvalue weighted by molar-refractivity contribution is -0.253. The van der Waals surface area contributed by atoms with Gasteiger partial charge >= 0.3 is 5.97 Å². The maximum absolute atomic E-state index is 12.0. The summed E-state index contributed by atoms with van der Waals surface area (Å²) in [6.45, 7) is 3.48. The fourth-order valence-corrected chi connectivity index (χ4v) is 6.02. The molecule has 8 heteroatoms. The maximum atomic E-state index is 12.0. The van der Waals surface area contributed by atoms with Crippen molar-refractivity contribution >= 4 is 11.9 Å². The number of benzene rings is 3. The average molecular weight is 601 g/mol. The predicted molar refractivity (Wildman–Crippen MR) is 169 cm³/mol. The van der Waals surface area contributed by atoms with Crippen LogP contribution in [0.5, 0.6) is 0 Å². The summed E-state index contributed by atoms with van der Waals surface area (Å²) >= 11 is 0. The molecule has 2 aliphatic rings. The van der Waals surface area contributed by atoms with Crippen LogP contribution in [0.3, 0.4) is 0 Å². The van der Waals surface area contributed by atoms with Gasteiger partial charge in [0.1, 0.15) is 0 Å². The minimum Gasteiger partial charge on any atom is -0.481 e. The fraction of sp³-hybridized carbons (Fsp3) is 0.444. The number of aliphatic carboxylic acids is 1. The Hall–Kier alpha value is -3.56. The zero-order valence-corrected chi connectivity index (χ0v) is 25.3. The smallest absolute Gasteiger partial charge is 0.303 e. The van der Waals surface area contributed by atoms with Crippen molar-refractivity contribution in [3.63, 3.8) is 0 Å². The van der Waals surface area contributed by atoms with E-state index >= 15 is 0 Å². The molecule has 5 rings (SSSR count). The Kier molecular flexibility index (Phi) is 11.5. The first-order valence-electron chi connectivity index (χ1n) is 15.9. The zero-order chi connectivity index (χ0) is 30.7. The van der Waals surface area contributed by atoms with E-state index < -0.39 is 12.3 Å². The molecule has 0 aromatic heterocycles. The van der Waals surface area contributed by atoms with Crippen LogP contribution in [0.1, 0.15) is 86.0 Å². The van der Waals surface area contributed by atoms with Crippen LogP contribution in [-0.4, -0.2) is 52.7 Å². The predicted octanol–water partition coefficient (Wildman–Crippen LogP) is 6.14. The van der Waals surface area contributed by atoms with Gasteiger partial charge < -0.3 is 29.9 Å². The topological polar surface area (TPSA) is 108 Å². The number of aliphatic hydroxyl groups is 1. The number of ether oxygens (including phenoxy) is 2. The van der Waals surface area contributed by atoms with Crippen LogP contribution in [0, 0.1) is 0 Å². The monoisotopic (exact) mass is 600 g/mol. The molecule has 3 aromatic carbocycles. The summed E-state index contributed by atoms with van der Waals surface area (Å²) in [7, 11) is 0. The number of hydrogen-bond donors (Lipinski definition) is 3. The molecule has 0 saturated carbocycles. The Labute approximate surface area is 260 Å². The molecule has 2 saturated heterocycles. The molecule has 3 N–H and O–H groups in total. The van der Waals surface area contributed by atoms with Gasteiger partial charge in [0.05, 0.1) is 25.2 Å². The second-order valence-electron chi connectivity index (χ2n) is 11.9. The van der Waals surface area contributed by atoms with Gasteiger partial charge in [0, 0.05) is 31.5 Å². The third-order valence-corrected chi connectivity index (χ3v) is 8.52. The largest absolute Gasteiger partial charge is 0.481 e. The second kappa shape index (κ2) is 16.0. The molecule has 44 heavy (non-hydrogen) atoms. The molecular formula is C36H44N2O6. The highest BCUT2D eigenvalue weighted by molar-refractivity contribution is 5.80. The van der Waals surface area contributed by atoms with Crippen LogP contribution in [0.15, 0.2) is 72.8 Å². The molecule has 1 amide bonds. The van der Waals surface area contributed by atoms with E-state index in [1.54, 1.807) is 0 Å². The Morgan fingerprint density at radius 1 is 0.795 bits per heavy atom. The Morgan fingerprint density at radius 3 is 2.20 bits per heavy atom. The second-order valence-corrected chi connectivity index (χ2v) is 11.9. The number of amides is 1. The molecule has 0 radical (unpaired) electrons. The molecule has 2 fully saturated rings. The van der Waals surface area contributed by atoms with Gasteiger partial charge in [0.25, 0.3) is 0 Å². The third-order valence-electron chi connectivity index (χ3n) is 8.52. The van der Waals surface area contributed by atoms with Gasteiger partial charge in [-0.2, -0.15) is 0 Å². The third kappa shape index (κ3) is 9.22. The number of carboxylic acid groups (broad SMARTS) is 1. The molecule has 0 spiro atoms. The van der Waals surface area contributed by atoms with E-state index in [1.165, 1.54) is 32.1 Å². The van der Waals surface area contributed by atoms with Crippen molar-refractivity contribution in [2.45, 2.75) is 83.0 Å². The minimum atomic E-state index is -0.981. The highest BCUT2D eigenvalue weighted by Gasteiger charge is 2.33. The van der Waals surface area contributed by atoms with Crippen LogP contribution >= 0.6 is 0 Å². The van der Waals surface area contributed by atoms with E-state index in [0.29, 0.717) is 6.54 Å². The lowest BCUT2D eigenvalue weighted by Crippen LogP contribution is -2.40. The Balaban J connectivity index is 1.28. The maximum Gasteiger partial charge on any atom is 0.303 e. The molecule has 3 aromatic rings. The number of rotatable bonds is 11. The summed E-state index contributed by atoms with van der Waals surface area (Å²) in [5.41, 5.74) is 5.95. The van der Waals surface area contributed by atoms with E-state index in [4.69, 9.17) is 14.6 Å². The number of aliphatic hydroxyl groups excluding tert-OH is 1. The van der Waals surface area contributed by atoms with Crippen molar-refractivity contribution in [1.29, 1.82) is 0 Å². The number of carboxylic acids is 1. The SMILES string of the molecule is O=C(O)CCC(=O)NCc1cccc(-c2ccc(C3OC(CN4CCCCCCC4)CC(c4ccc(CO)cc4)O3)cc2)c1. The van der Waals surface area contributed by atoms with Gasteiger partial charge in [-0.25, -0.2) is 0 Å². The number of nitrogens with one attached hydrogen (secondary N) is 1. The van der Waals surface area contributed by atoms with Crippen molar-refractivity contribution in [2.75, 3.05) is 19.6 Å². The van der Waals surface area contributed by atoms with Crippen molar-refractivity contribution in [3.8, 4) is 11.1 Å². The summed E-state index contributed by atoms with van der Waals surface area (Å²) in [6.07, 6.45) is 6.40. The summed E-state index contributed by atoms with van der Waals surface area (Å²) in [4.78, 5) is 25.2. The van der Waals surface area contributed by atoms with Crippen LogP contribution in [0.2, 0.25) is 0 Å². The van der Waals surface area contributed by atoms with Gasteiger partial charge in [0.15, 0.2) is 6.29 Å². The highest BCUT2D eigenvalue weighted by atomic mass is 16.7. The zero-order valence-electron chi connectivity index (χ0n) is 25.3. The summed E-state index contributed by atoms with van der Waals surface area (Å²) in [6, 6.07) is 24.2. The summed E-state index contributed by atoms with van der Waals surface area (Å²) in [5.74, 6) is -1.26. The minimum absolute atomic E-state index is 0.0197. The average Bonchev–Trinajstić information content (AvgIpc) is 3.04. The normalized spacial score (nSPS) is 21.2. The van der Waals surface area contributed by atoms with E-state index in [-0.39, 0.29) is 37.6 Å². The van der Waals surface area contributed by atoms with Crippen molar-refractivity contribution in [1.82, 2.24) is 10.2 Å². The Morgan fingerprint density at radius 2 is 1.50 bits per heavy atom. The van der Waals surface area contributed by atoms with Crippen molar-refractivity contribution in [2.24, 2.45) is 0 Å². The highest BCUT2D eigenvalue weighted by Crippen LogP contribution is 2.39. The molecule has 234 valence electrons. The number of carbonyl (C=O) groups excluding carboxylic acids is 1. The molecule has 0 aliphatic carbocycles. The lowest BCUT2D eigenvalue weighted by Gasteiger charge is -2.38. The van der Waals surface area contributed by atoms with E-state index in [0.717, 1.165) is 59.4 Å². The van der Waals surface area contributed by atoms with E-state index in [2.05, 4.69) is 46.6 Å². The summed E-state index contributed by atoms with van der Waals surface area (Å²) in [5, 5.41) is 21.1. The number of hydrogen-bond acceptors (Lipinski definition) is 6. The van der Waals surface area contributed by atoms with Gasteiger partial charge in [-0.05, 0) is 59.8 Å². The standard InChI is InChI=1S/C36H44N2O6/c39-25-26-9-11-29(12-10-26)33-22-32(24-38-19-4-2-1-3-5-20-38)43-36(44-33)30-15-13-28(14-16-30)31-8-6-7-27(21-31)23-37-34(40)17-18-35(41)42/h6-16,21,32-33,36,39H,1-5,17-20,22-25H2,(H,37,40)(H,41,42). The number of nitrogens with zero attached hydrogens (tertiary/aromatic N) is 1. The van der Waals surface area contributed by atoms with Crippen LogP contribution in [-0.2, 0) is 32.2 Å². The van der Waals surface area contributed by atoms with Crippen molar-refractivity contribution < 1.29 is 29.3 Å². The first kappa shape index (κ1) is 31.9. The summed E-state index contributed by atoms with van der Waals surface area (Å²) < 4.78 is 13.2. The molecule has 0 bridgehead atoms. The van der Waals surface area contributed by atoms with Crippen LogP contribution in [0.25, 0.3) is 11.1 Å². The first-order chi connectivity index (χ1) is 21.5. The quantitative estimate of drug-likeness (QED) is 0.243.